The highest BCUT2D eigenvalue weighted by Crippen LogP contribution is 2.30. The van der Waals surface area contributed by atoms with Gasteiger partial charge in [-0.15, -0.1) is 0 Å². The van der Waals surface area contributed by atoms with Gasteiger partial charge < -0.3 is 4.74 Å². The molecule has 29 heavy (non-hydrogen) atoms. The molecule has 0 N–H and O–H groups in total. The SMILES string of the molecule is CCc1cc(C(C)=O)nc2cc(-c3ccc4ccc(C(=O)OC)cc4c3F)nn12. The predicted octanol–water partition coefficient (Wildman–Crippen LogP) is 4.24. The van der Waals surface area contributed by atoms with Crippen LogP contribution in [0.1, 0.15) is 40.4 Å². The molecule has 0 saturated carbocycles. The summed E-state index contributed by atoms with van der Waals surface area (Å²) in [6.07, 6.45) is 0.642. The number of aromatic nitrogens is 3. The van der Waals surface area contributed by atoms with Gasteiger partial charge in [0.15, 0.2) is 11.4 Å². The summed E-state index contributed by atoms with van der Waals surface area (Å²) in [5.41, 5.74) is 2.59. The molecule has 0 fully saturated rings. The maximum absolute atomic E-state index is 15.3. The van der Waals surface area contributed by atoms with E-state index < -0.39 is 11.8 Å². The molecular formula is C22H18FN3O3. The molecule has 0 aliphatic rings. The van der Waals surface area contributed by atoms with Crippen LogP contribution in [0.25, 0.3) is 27.7 Å². The van der Waals surface area contributed by atoms with Gasteiger partial charge in [0.2, 0.25) is 0 Å². The van der Waals surface area contributed by atoms with E-state index in [1.807, 2.05) is 6.92 Å². The van der Waals surface area contributed by atoms with Gasteiger partial charge in [0.05, 0.1) is 18.4 Å². The first-order valence-corrected chi connectivity index (χ1v) is 9.14. The number of halogens is 1. The highest BCUT2D eigenvalue weighted by molar-refractivity contribution is 5.97. The van der Waals surface area contributed by atoms with Crippen molar-refractivity contribution < 1.29 is 18.7 Å². The zero-order valence-electron chi connectivity index (χ0n) is 16.2. The third-order valence-electron chi connectivity index (χ3n) is 4.88. The van der Waals surface area contributed by atoms with Crippen LogP contribution in [0.15, 0.2) is 42.5 Å². The Kier molecular flexibility index (Phi) is 4.58. The Morgan fingerprint density at radius 1 is 1.14 bits per heavy atom. The first-order valence-electron chi connectivity index (χ1n) is 9.14. The monoisotopic (exact) mass is 391 g/mol. The molecule has 2 heterocycles. The molecule has 2 aromatic carbocycles. The molecule has 2 aromatic heterocycles. The maximum atomic E-state index is 15.3. The molecule has 0 aliphatic heterocycles. The highest BCUT2D eigenvalue weighted by atomic mass is 19.1. The van der Waals surface area contributed by atoms with Gasteiger partial charge in [-0.1, -0.05) is 19.1 Å². The molecule has 6 nitrogen and oxygen atoms in total. The second kappa shape index (κ2) is 7.09. The van der Waals surface area contributed by atoms with Crippen LogP contribution in [0, 0.1) is 5.82 Å². The lowest BCUT2D eigenvalue weighted by molar-refractivity contribution is 0.0600. The minimum atomic E-state index is -0.530. The fourth-order valence-corrected chi connectivity index (χ4v) is 3.33. The Balaban J connectivity index is 1.91. The van der Waals surface area contributed by atoms with E-state index >= 15 is 4.39 Å². The van der Waals surface area contributed by atoms with Crippen molar-refractivity contribution in [3.05, 3.63) is 65.2 Å². The molecule has 0 atom stereocenters. The lowest BCUT2D eigenvalue weighted by Crippen LogP contribution is -2.05. The summed E-state index contributed by atoms with van der Waals surface area (Å²) in [4.78, 5) is 27.9. The van der Waals surface area contributed by atoms with E-state index in [1.54, 1.807) is 40.9 Å². The fraction of sp³-hybridized carbons (Fsp3) is 0.182. The van der Waals surface area contributed by atoms with Gasteiger partial charge >= 0.3 is 5.97 Å². The van der Waals surface area contributed by atoms with Crippen LogP contribution in [0.2, 0.25) is 0 Å². The third kappa shape index (κ3) is 3.14. The Hall–Kier alpha value is -3.61. The molecule has 0 unspecified atom stereocenters. The normalized spacial score (nSPS) is 11.2. The fourth-order valence-electron chi connectivity index (χ4n) is 3.33. The second-order valence-corrected chi connectivity index (χ2v) is 6.70. The van der Waals surface area contributed by atoms with Crippen LogP contribution < -0.4 is 0 Å². The van der Waals surface area contributed by atoms with Crippen LogP contribution in [0.4, 0.5) is 4.39 Å². The lowest BCUT2D eigenvalue weighted by Gasteiger charge is -2.06. The number of carbonyl (C=O) groups is 2. The van der Waals surface area contributed by atoms with Crippen LogP contribution in [-0.2, 0) is 11.2 Å². The molecule has 0 bridgehead atoms. The zero-order valence-corrected chi connectivity index (χ0v) is 16.2. The molecule has 0 radical (unpaired) electrons. The number of rotatable bonds is 4. The van der Waals surface area contributed by atoms with E-state index in [4.69, 9.17) is 4.74 Å². The summed E-state index contributed by atoms with van der Waals surface area (Å²) in [6.45, 7) is 3.41. The van der Waals surface area contributed by atoms with Gasteiger partial charge in [0.1, 0.15) is 11.5 Å². The van der Waals surface area contributed by atoms with Gasteiger partial charge in [-0.25, -0.2) is 18.7 Å². The minimum absolute atomic E-state index is 0.142. The number of fused-ring (bicyclic) bond motifs is 2. The Bertz CT molecular complexity index is 1290. The summed E-state index contributed by atoms with van der Waals surface area (Å²) in [5, 5.41) is 5.47. The number of esters is 1. The summed E-state index contributed by atoms with van der Waals surface area (Å²) in [6, 6.07) is 11.5. The largest absolute Gasteiger partial charge is 0.465 e. The number of hydrogen-bond acceptors (Lipinski definition) is 5. The van der Waals surface area contributed by atoms with Crippen molar-refractivity contribution in [1.29, 1.82) is 0 Å². The second-order valence-electron chi connectivity index (χ2n) is 6.70. The van der Waals surface area contributed by atoms with Crippen LogP contribution >= 0.6 is 0 Å². The summed E-state index contributed by atoms with van der Waals surface area (Å²) in [7, 11) is 1.28. The van der Waals surface area contributed by atoms with Crippen molar-refractivity contribution in [2.75, 3.05) is 7.11 Å². The van der Waals surface area contributed by atoms with E-state index in [-0.39, 0.29) is 16.9 Å². The molecule has 7 heteroatoms. The number of ketones is 1. The molecule has 0 amide bonds. The van der Waals surface area contributed by atoms with Gasteiger partial charge in [0, 0.05) is 29.6 Å². The van der Waals surface area contributed by atoms with E-state index in [0.29, 0.717) is 34.2 Å². The molecule has 0 saturated heterocycles. The van der Waals surface area contributed by atoms with Crippen LogP contribution in [0.5, 0.6) is 0 Å². The van der Waals surface area contributed by atoms with E-state index in [2.05, 4.69) is 10.1 Å². The molecule has 146 valence electrons. The molecular weight excluding hydrogens is 373 g/mol. The number of benzene rings is 2. The van der Waals surface area contributed by atoms with E-state index in [9.17, 15) is 9.59 Å². The molecule has 0 aliphatic carbocycles. The predicted molar refractivity (Wildman–Crippen MR) is 107 cm³/mol. The van der Waals surface area contributed by atoms with Gasteiger partial charge in [-0.05, 0) is 36.1 Å². The number of carbonyl (C=O) groups excluding carboxylic acids is 2. The Morgan fingerprint density at radius 3 is 2.59 bits per heavy atom. The summed E-state index contributed by atoms with van der Waals surface area (Å²) < 4.78 is 21.7. The standard InChI is InChI=1S/C22H18FN3O3/c1-4-15-10-18(12(2)27)24-20-11-19(25-26(15)20)16-8-7-13-5-6-14(22(28)29-3)9-17(13)21(16)23/h5-11H,4H2,1-3H3. The lowest BCUT2D eigenvalue weighted by atomic mass is 10.0. The van der Waals surface area contributed by atoms with Crippen molar-refractivity contribution in [1.82, 2.24) is 14.6 Å². The highest BCUT2D eigenvalue weighted by Gasteiger charge is 2.17. The molecule has 4 aromatic rings. The zero-order chi connectivity index (χ0) is 20.7. The maximum Gasteiger partial charge on any atom is 0.337 e. The average Bonchev–Trinajstić information content (AvgIpc) is 3.16. The smallest absolute Gasteiger partial charge is 0.337 e. The Morgan fingerprint density at radius 2 is 1.90 bits per heavy atom. The first-order chi connectivity index (χ1) is 13.9. The van der Waals surface area contributed by atoms with E-state index in [1.165, 1.54) is 20.1 Å². The van der Waals surface area contributed by atoms with E-state index in [0.717, 1.165) is 5.69 Å². The number of ether oxygens (including phenoxy) is 1. The van der Waals surface area contributed by atoms with Gasteiger partial charge in [-0.3, -0.25) is 4.79 Å². The van der Waals surface area contributed by atoms with Crippen molar-refractivity contribution in [3.63, 3.8) is 0 Å². The Labute approximate surface area is 165 Å². The number of hydrogen-bond donors (Lipinski definition) is 0. The van der Waals surface area contributed by atoms with Crippen LogP contribution in [-0.4, -0.2) is 33.5 Å². The number of Topliss-reactive ketones (excluding diaryl/α,β-unsaturated/α-hetero) is 1. The first kappa shape index (κ1) is 18.7. The van der Waals surface area contributed by atoms with Crippen molar-refractivity contribution in [3.8, 4) is 11.3 Å². The number of methoxy groups -OCH3 is 1. The summed E-state index contributed by atoms with van der Waals surface area (Å²) >= 11 is 0. The molecule has 4 rings (SSSR count). The minimum Gasteiger partial charge on any atom is -0.465 e. The number of aryl methyl sites for hydroxylation is 1. The topological polar surface area (TPSA) is 73.6 Å². The van der Waals surface area contributed by atoms with Gasteiger partial charge in [-0.2, -0.15) is 5.10 Å². The summed E-state index contributed by atoms with van der Waals surface area (Å²) in [5.74, 6) is -1.16. The average molecular weight is 391 g/mol. The van der Waals surface area contributed by atoms with Crippen LogP contribution in [0.3, 0.4) is 0 Å². The molecule has 0 spiro atoms. The van der Waals surface area contributed by atoms with Gasteiger partial charge in [0.25, 0.3) is 0 Å². The van der Waals surface area contributed by atoms with Crippen molar-refractivity contribution >= 4 is 28.2 Å². The third-order valence-corrected chi connectivity index (χ3v) is 4.88. The van der Waals surface area contributed by atoms with Crippen molar-refractivity contribution in [2.24, 2.45) is 0 Å². The number of nitrogens with zero attached hydrogens (tertiary/aromatic N) is 3. The quantitative estimate of drug-likeness (QED) is 0.384. The van der Waals surface area contributed by atoms with Crippen molar-refractivity contribution in [2.45, 2.75) is 20.3 Å².